The van der Waals surface area contributed by atoms with Crippen LogP contribution in [0.5, 0.6) is 28.7 Å². The second-order valence-electron chi connectivity index (χ2n) is 44.7. The number of hydrogen-bond donors (Lipinski definition) is 0. The topological polar surface area (TPSA) is 240 Å². The molecule has 0 bridgehead atoms. The van der Waals surface area contributed by atoms with Gasteiger partial charge in [0.2, 0.25) is 30.1 Å². The van der Waals surface area contributed by atoms with Crippen molar-refractivity contribution in [3.63, 3.8) is 0 Å². The van der Waals surface area contributed by atoms with Crippen LogP contribution in [0.3, 0.4) is 0 Å². The van der Waals surface area contributed by atoms with Crippen molar-refractivity contribution in [2.45, 2.75) is 205 Å². The van der Waals surface area contributed by atoms with E-state index in [1.807, 2.05) is 93.2 Å². The maximum Gasteiger partial charge on any atom is 0.243 e. The van der Waals surface area contributed by atoms with Crippen LogP contribution >= 0.6 is 23.5 Å². The van der Waals surface area contributed by atoms with Crippen LogP contribution in [0.2, 0.25) is 0 Å². The van der Waals surface area contributed by atoms with E-state index < -0.39 is 39.9 Å². The van der Waals surface area contributed by atoms with Gasteiger partial charge in [-0.1, -0.05) is 242 Å². The van der Waals surface area contributed by atoms with Gasteiger partial charge < -0.3 is 47.7 Å². The van der Waals surface area contributed by atoms with Crippen molar-refractivity contribution < 1.29 is 71.6 Å². The van der Waals surface area contributed by atoms with E-state index in [1.165, 1.54) is 73.3 Å². The second kappa shape index (κ2) is 62.4. The molecule has 0 aromatic heterocycles. The summed E-state index contributed by atoms with van der Waals surface area (Å²) in [6, 6.07) is 63.6. The Morgan fingerprint density at radius 1 is 0.331 bits per heavy atom. The fourth-order valence-electron chi connectivity index (χ4n) is 15.7. The van der Waals surface area contributed by atoms with E-state index in [9.17, 15) is 33.7 Å². The highest BCUT2D eigenvalue weighted by Gasteiger charge is 2.31. The first-order valence-corrected chi connectivity index (χ1v) is 61.3. The Labute approximate surface area is 903 Å². The lowest BCUT2D eigenvalue weighted by Gasteiger charge is -2.31. The fraction of sp³-hybridized carbons (Fsp3) is 0.590. The molecule has 6 saturated heterocycles. The molecule has 828 valence electrons. The molecule has 6 fully saturated rings. The smallest absolute Gasteiger partial charge is 0.243 e. The van der Waals surface area contributed by atoms with Crippen LogP contribution in [0, 0.1) is 0 Å². The van der Waals surface area contributed by atoms with Crippen molar-refractivity contribution in [3.05, 3.63) is 239 Å². The third-order valence-corrected chi connectivity index (χ3v) is 35.5. The van der Waals surface area contributed by atoms with E-state index in [2.05, 4.69) is 284 Å². The lowest BCUT2D eigenvalue weighted by atomic mass is 9.87. The Balaban J connectivity index is 0.000000229. The normalized spacial score (nSPS) is 16.7. The minimum atomic E-state index is -3.40. The highest BCUT2D eigenvalue weighted by Crippen LogP contribution is 2.32. The minimum Gasteiger partial charge on any atom is -0.492 e. The van der Waals surface area contributed by atoms with Crippen LogP contribution in [0.15, 0.2) is 209 Å². The number of hydrogen-bond acceptors (Lipinski definition) is 24. The molecule has 6 heterocycles. The Kier molecular flexibility index (Phi) is 53.8. The molecule has 0 amide bonds. The van der Waals surface area contributed by atoms with Gasteiger partial charge in [-0.3, -0.25) is 19.6 Å². The Morgan fingerprint density at radius 3 is 0.932 bits per heavy atom. The molecule has 31 heteroatoms. The SMILES string of the molecule is CC(C)(C)c1ccc(OCCN2CCOCC2)cc1.CC(C)(C)c1ccc(OCCN2CCSC2)cc1.CC(C)(C)c1ccc(OCCN2CCSCC2)cc1.CC(C)(C)c1ccc(S(=O)(=O)N2CCOCC2)cc1.CC(C)c1ccc(OCCN2CCS(=O)(=O)CC2)cc1.CC(C)c1ccc(S(=O)(=O)N2CCN(C)CC2)cc1.CN(C)CCOc1ccc(C(C)(C)C)cc1.COCCN(C)S(=O)(=O)c1ccc(C(C)C)cc1. The zero-order chi connectivity index (χ0) is 109. The van der Waals surface area contributed by atoms with Gasteiger partial charge in [-0.15, -0.1) is 11.8 Å². The largest absolute Gasteiger partial charge is 0.492 e. The molecule has 14 rings (SSSR count). The molecule has 6 aliphatic rings. The molecule has 0 radical (unpaired) electrons. The maximum absolute atomic E-state index is 12.5. The average Bonchev–Trinajstić information content (AvgIpc) is 0.893. The summed E-state index contributed by atoms with van der Waals surface area (Å²) >= 11 is 4.05. The summed E-state index contributed by atoms with van der Waals surface area (Å²) in [6.45, 7) is 68.1. The van der Waals surface area contributed by atoms with Gasteiger partial charge in [-0.05, 0) is 208 Å². The second-order valence-corrected chi connectivity index (χ2v) is 55.2. The molecule has 0 saturated carbocycles. The van der Waals surface area contributed by atoms with Crippen molar-refractivity contribution in [3.8, 4) is 28.7 Å². The van der Waals surface area contributed by atoms with Crippen molar-refractivity contribution in [2.75, 3.05) is 260 Å². The van der Waals surface area contributed by atoms with E-state index in [0.717, 1.165) is 150 Å². The fourth-order valence-corrected chi connectivity index (χ4v) is 23.0. The summed E-state index contributed by atoms with van der Waals surface area (Å²) in [7, 11) is -3.66. The molecule has 148 heavy (non-hydrogen) atoms. The lowest BCUT2D eigenvalue weighted by Crippen LogP contribution is -2.46. The molecule has 6 aliphatic heterocycles. The number of sulfonamides is 3. The highest BCUT2D eigenvalue weighted by molar-refractivity contribution is 7.99. The molecule has 0 spiro atoms. The number of piperazine rings is 1. The van der Waals surface area contributed by atoms with Crippen molar-refractivity contribution in [1.29, 1.82) is 0 Å². The van der Waals surface area contributed by atoms with Crippen LogP contribution < -0.4 is 23.7 Å². The third kappa shape index (κ3) is 46.6. The summed E-state index contributed by atoms with van der Waals surface area (Å²) in [5.74, 6) is 11.6. The van der Waals surface area contributed by atoms with Gasteiger partial charge >= 0.3 is 0 Å². The minimum absolute atomic E-state index is 0.0290. The molecule has 0 unspecified atom stereocenters. The van der Waals surface area contributed by atoms with Crippen LogP contribution in [0.1, 0.15) is 208 Å². The third-order valence-electron chi connectivity index (χ3n) is 26.3. The number of methoxy groups -OCH3 is 1. The molecule has 0 atom stereocenters. The first kappa shape index (κ1) is 128. The van der Waals surface area contributed by atoms with Gasteiger partial charge in [-0.25, -0.2) is 33.7 Å². The average molecular weight is 2160 g/mol. The Hall–Kier alpha value is -7.22. The monoisotopic (exact) mass is 2160 g/mol. The van der Waals surface area contributed by atoms with E-state index in [0.29, 0.717) is 105 Å². The van der Waals surface area contributed by atoms with Gasteiger partial charge in [0, 0.05) is 162 Å². The van der Waals surface area contributed by atoms with Crippen molar-refractivity contribution in [1.82, 2.24) is 42.3 Å². The standard InChI is InChI=1S/C16H25NO2.C16H25NOS.C15H23NO3S.C15H23NOS.C14H22N2O2S.C14H21NO3S.C14H23NO.C13H21NO3S/c1-16(2,3)14-4-6-15(7-5-14)19-13-10-17-8-11-18-12-9-17;1-16(2,3)14-4-6-15(7-5-14)18-11-8-17-9-12-19-13-10-17;1-13(2)14-3-5-15(6-4-14)19-10-7-16-8-11-20(17,18)12-9-16;1-15(2,3)13-4-6-14(7-5-13)17-10-8-16-9-11-18-12-16;1-12(2)13-4-6-14(7-5-13)19(17,18)16-10-8-15(3)9-11-16;1-14(2,3)12-4-6-13(7-5-12)19(16,17)15-8-10-18-11-9-15;1-14(2,3)12-6-8-13(9-7-12)16-11-10-15(4)5;1-11(2)12-5-7-13(8-6-12)18(15,16)14(3)9-10-17-4/h2*4-7H,8-13H2,1-3H3;3-6,13H,7-12H2,1-2H3;4-7H,8-12H2,1-3H3;4-7,12H,8-11H2,1-3H3;4-7H,8-11H2,1-3H3;6-9H,10-11H2,1-5H3;5-8,11H,9-10H2,1-4H3. The molecule has 8 aromatic rings. The Morgan fingerprint density at radius 2 is 0.608 bits per heavy atom. The van der Waals surface area contributed by atoms with E-state index in [1.54, 1.807) is 54.9 Å². The van der Waals surface area contributed by atoms with Gasteiger partial charge in [0.25, 0.3) is 0 Å². The number of nitrogens with zero attached hydrogens (tertiary/aromatic N) is 9. The van der Waals surface area contributed by atoms with Gasteiger partial charge in [0.1, 0.15) is 61.8 Å². The van der Waals surface area contributed by atoms with E-state index in [4.69, 9.17) is 37.9 Å². The number of thioether (sulfide) groups is 2. The molecule has 25 nitrogen and oxygen atoms in total. The summed E-state index contributed by atoms with van der Waals surface area (Å²) in [5, 5.41) is 0. The van der Waals surface area contributed by atoms with E-state index >= 15 is 0 Å². The molecule has 0 N–H and O–H groups in total. The molecular formula is C117H183N9O16S6. The number of morpholine rings is 2. The highest BCUT2D eigenvalue weighted by atomic mass is 32.2. The van der Waals surface area contributed by atoms with Crippen LogP contribution in [0.4, 0.5) is 0 Å². The van der Waals surface area contributed by atoms with Crippen LogP contribution in [-0.4, -0.2) is 336 Å². The first-order chi connectivity index (χ1) is 69.6. The number of sulfone groups is 1. The summed E-state index contributed by atoms with van der Waals surface area (Å²) in [4.78, 5) is 14.8. The molecular weight excluding hydrogens is 1980 g/mol. The number of rotatable bonds is 32. The summed E-state index contributed by atoms with van der Waals surface area (Å²) in [6.07, 6.45) is 0. The zero-order valence-electron chi connectivity index (χ0n) is 94.5. The van der Waals surface area contributed by atoms with Crippen molar-refractivity contribution in [2.24, 2.45) is 0 Å². The van der Waals surface area contributed by atoms with Gasteiger partial charge in [0.05, 0.1) is 59.2 Å². The predicted octanol–water partition coefficient (Wildman–Crippen LogP) is 20.1. The Bertz CT molecular complexity index is 5410. The number of benzene rings is 8. The van der Waals surface area contributed by atoms with Crippen molar-refractivity contribution >= 4 is 63.4 Å². The number of ether oxygens (including phenoxy) is 8. The summed E-state index contributed by atoms with van der Waals surface area (Å²) in [5.41, 5.74) is 11.0. The lowest BCUT2D eigenvalue weighted by molar-refractivity contribution is 0.0322. The van der Waals surface area contributed by atoms with Crippen LogP contribution in [-0.2, 0) is 81.2 Å². The zero-order valence-corrected chi connectivity index (χ0v) is 99.4. The molecule has 0 aliphatic carbocycles. The first-order valence-electron chi connectivity index (χ1n) is 52.8. The summed E-state index contributed by atoms with van der Waals surface area (Å²) < 4.78 is 145. The van der Waals surface area contributed by atoms with E-state index in [-0.39, 0.29) is 38.6 Å². The maximum atomic E-state index is 12.5. The quantitative estimate of drug-likeness (QED) is 0.0381. The van der Waals surface area contributed by atoms with Crippen LogP contribution in [0.25, 0.3) is 0 Å². The predicted molar refractivity (Wildman–Crippen MR) is 616 cm³/mol. The van der Waals surface area contributed by atoms with Gasteiger partial charge in [-0.2, -0.15) is 24.7 Å². The molecule has 8 aromatic carbocycles. The number of likely N-dealkylation sites (N-methyl/N-ethyl adjacent to an activating group) is 3. The van der Waals surface area contributed by atoms with Gasteiger partial charge in [0.15, 0.2) is 9.84 Å².